The average molecular weight is 215 g/mol. The SMILES string of the molecule is NCCc1ccccc1COCC(F)F. The van der Waals surface area contributed by atoms with E-state index < -0.39 is 13.0 Å². The van der Waals surface area contributed by atoms with E-state index in [-0.39, 0.29) is 6.61 Å². The lowest BCUT2D eigenvalue weighted by atomic mass is 10.1. The van der Waals surface area contributed by atoms with Gasteiger partial charge in [-0.05, 0) is 24.1 Å². The van der Waals surface area contributed by atoms with Crippen LogP contribution in [-0.4, -0.2) is 19.6 Å². The second-order valence-electron chi connectivity index (χ2n) is 3.21. The molecule has 0 unspecified atom stereocenters. The van der Waals surface area contributed by atoms with Crippen LogP contribution in [0.15, 0.2) is 24.3 Å². The van der Waals surface area contributed by atoms with Gasteiger partial charge < -0.3 is 10.5 Å². The number of rotatable bonds is 6. The van der Waals surface area contributed by atoms with E-state index in [4.69, 9.17) is 10.5 Å². The van der Waals surface area contributed by atoms with Crippen LogP contribution in [0.25, 0.3) is 0 Å². The maximum absolute atomic E-state index is 11.8. The highest BCUT2D eigenvalue weighted by Gasteiger charge is 2.04. The Morgan fingerprint density at radius 3 is 2.47 bits per heavy atom. The Labute approximate surface area is 88.0 Å². The van der Waals surface area contributed by atoms with Crippen molar-refractivity contribution in [3.05, 3.63) is 35.4 Å². The molecule has 0 saturated heterocycles. The summed E-state index contributed by atoms with van der Waals surface area (Å²) < 4.78 is 28.6. The summed E-state index contributed by atoms with van der Waals surface area (Å²) in [6.45, 7) is 0.253. The third kappa shape index (κ3) is 4.36. The molecule has 1 aromatic carbocycles. The molecule has 1 rings (SSSR count). The third-order valence-corrected chi connectivity index (χ3v) is 2.03. The lowest BCUT2D eigenvalue weighted by molar-refractivity contribution is 0.00967. The van der Waals surface area contributed by atoms with Gasteiger partial charge in [-0.15, -0.1) is 0 Å². The van der Waals surface area contributed by atoms with E-state index >= 15 is 0 Å². The van der Waals surface area contributed by atoms with Crippen LogP contribution in [0.3, 0.4) is 0 Å². The summed E-state index contributed by atoms with van der Waals surface area (Å²) in [4.78, 5) is 0. The fraction of sp³-hybridized carbons (Fsp3) is 0.455. The Morgan fingerprint density at radius 2 is 1.87 bits per heavy atom. The summed E-state index contributed by atoms with van der Waals surface area (Å²) in [7, 11) is 0. The molecule has 84 valence electrons. The summed E-state index contributed by atoms with van der Waals surface area (Å²) >= 11 is 0. The molecular weight excluding hydrogens is 200 g/mol. The van der Waals surface area contributed by atoms with Crippen LogP contribution in [0, 0.1) is 0 Å². The molecule has 0 spiro atoms. The molecule has 15 heavy (non-hydrogen) atoms. The predicted molar refractivity (Wildman–Crippen MR) is 54.9 cm³/mol. The Kier molecular flexibility index (Phi) is 5.21. The number of hydrogen-bond acceptors (Lipinski definition) is 2. The van der Waals surface area contributed by atoms with Gasteiger partial charge in [0, 0.05) is 0 Å². The van der Waals surface area contributed by atoms with Crippen LogP contribution < -0.4 is 5.73 Å². The molecule has 0 atom stereocenters. The molecule has 0 fully saturated rings. The summed E-state index contributed by atoms with van der Waals surface area (Å²) in [6, 6.07) is 7.58. The second-order valence-corrected chi connectivity index (χ2v) is 3.21. The first-order valence-corrected chi connectivity index (χ1v) is 4.86. The Hall–Kier alpha value is -1.00. The molecule has 0 radical (unpaired) electrons. The van der Waals surface area contributed by atoms with Gasteiger partial charge in [-0.25, -0.2) is 8.78 Å². The van der Waals surface area contributed by atoms with Crippen molar-refractivity contribution < 1.29 is 13.5 Å². The molecule has 0 aliphatic heterocycles. The lowest BCUT2D eigenvalue weighted by Crippen LogP contribution is -2.08. The van der Waals surface area contributed by atoms with Gasteiger partial charge in [-0.1, -0.05) is 24.3 Å². The van der Waals surface area contributed by atoms with E-state index in [0.717, 1.165) is 17.5 Å². The van der Waals surface area contributed by atoms with Crippen molar-refractivity contribution in [2.75, 3.05) is 13.2 Å². The molecule has 1 aromatic rings. The molecule has 0 heterocycles. The number of hydrogen-bond donors (Lipinski definition) is 1. The summed E-state index contributed by atoms with van der Waals surface area (Å²) in [6.07, 6.45) is -1.67. The molecule has 0 amide bonds. The van der Waals surface area contributed by atoms with E-state index in [1.807, 2.05) is 24.3 Å². The van der Waals surface area contributed by atoms with Gasteiger partial charge >= 0.3 is 0 Å². The number of ether oxygens (including phenoxy) is 1. The van der Waals surface area contributed by atoms with Crippen molar-refractivity contribution in [3.63, 3.8) is 0 Å². The molecular formula is C11H15F2NO. The van der Waals surface area contributed by atoms with Gasteiger partial charge in [0.1, 0.15) is 6.61 Å². The zero-order valence-electron chi connectivity index (χ0n) is 8.46. The maximum atomic E-state index is 11.8. The minimum atomic E-state index is -2.41. The van der Waals surface area contributed by atoms with E-state index in [0.29, 0.717) is 6.54 Å². The number of benzene rings is 1. The molecule has 2 N–H and O–H groups in total. The summed E-state index contributed by atoms with van der Waals surface area (Å²) in [5, 5.41) is 0. The standard InChI is InChI=1S/C11H15F2NO/c12-11(13)8-15-7-10-4-2-1-3-9(10)5-6-14/h1-4,11H,5-8,14H2. The van der Waals surface area contributed by atoms with Gasteiger partial charge in [0.15, 0.2) is 0 Å². The van der Waals surface area contributed by atoms with Gasteiger partial charge in [0.05, 0.1) is 6.61 Å². The minimum absolute atomic E-state index is 0.223. The molecule has 0 aliphatic carbocycles. The quantitative estimate of drug-likeness (QED) is 0.787. The number of nitrogens with two attached hydrogens (primary N) is 1. The number of alkyl halides is 2. The van der Waals surface area contributed by atoms with Gasteiger partial charge in [0.25, 0.3) is 6.43 Å². The van der Waals surface area contributed by atoms with Crippen LogP contribution in [0.1, 0.15) is 11.1 Å². The van der Waals surface area contributed by atoms with Crippen molar-refractivity contribution >= 4 is 0 Å². The van der Waals surface area contributed by atoms with Crippen molar-refractivity contribution in [2.45, 2.75) is 19.5 Å². The Bertz CT molecular complexity index is 292. The van der Waals surface area contributed by atoms with Crippen LogP contribution in [-0.2, 0) is 17.8 Å². The summed E-state index contributed by atoms with van der Waals surface area (Å²) in [5.41, 5.74) is 7.44. The first kappa shape index (κ1) is 12.1. The highest BCUT2D eigenvalue weighted by Crippen LogP contribution is 2.10. The largest absolute Gasteiger partial charge is 0.371 e. The number of halogens is 2. The summed E-state index contributed by atoms with van der Waals surface area (Å²) in [5.74, 6) is 0. The highest BCUT2D eigenvalue weighted by atomic mass is 19.3. The predicted octanol–water partition coefficient (Wildman–Crippen LogP) is 1.97. The fourth-order valence-electron chi connectivity index (χ4n) is 1.36. The maximum Gasteiger partial charge on any atom is 0.261 e. The molecule has 0 saturated carbocycles. The second kappa shape index (κ2) is 6.48. The van der Waals surface area contributed by atoms with Crippen molar-refractivity contribution in [2.24, 2.45) is 5.73 Å². The normalized spacial score (nSPS) is 10.9. The minimum Gasteiger partial charge on any atom is -0.371 e. The van der Waals surface area contributed by atoms with Gasteiger partial charge in [-0.2, -0.15) is 0 Å². The van der Waals surface area contributed by atoms with Crippen molar-refractivity contribution in [1.82, 2.24) is 0 Å². The van der Waals surface area contributed by atoms with E-state index in [1.165, 1.54) is 0 Å². The van der Waals surface area contributed by atoms with E-state index in [1.54, 1.807) is 0 Å². The van der Waals surface area contributed by atoms with Crippen LogP contribution in [0.2, 0.25) is 0 Å². The van der Waals surface area contributed by atoms with Crippen LogP contribution in [0.5, 0.6) is 0 Å². The van der Waals surface area contributed by atoms with Crippen molar-refractivity contribution in [3.8, 4) is 0 Å². The first-order valence-electron chi connectivity index (χ1n) is 4.86. The molecule has 4 heteroatoms. The monoisotopic (exact) mass is 215 g/mol. The zero-order valence-corrected chi connectivity index (χ0v) is 8.46. The van der Waals surface area contributed by atoms with E-state index in [2.05, 4.69) is 0 Å². The molecule has 0 bridgehead atoms. The fourth-order valence-corrected chi connectivity index (χ4v) is 1.36. The average Bonchev–Trinajstić information content (AvgIpc) is 2.20. The molecule has 0 aliphatic rings. The lowest BCUT2D eigenvalue weighted by Gasteiger charge is -2.08. The topological polar surface area (TPSA) is 35.2 Å². The van der Waals surface area contributed by atoms with Crippen LogP contribution >= 0.6 is 0 Å². The van der Waals surface area contributed by atoms with Gasteiger partial charge in [-0.3, -0.25) is 0 Å². The van der Waals surface area contributed by atoms with Crippen molar-refractivity contribution in [1.29, 1.82) is 0 Å². The smallest absolute Gasteiger partial charge is 0.261 e. The Morgan fingerprint density at radius 1 is 1.20 bits per heavy atom. The first-order chi connectivity index (χ1) is 7.24. The van der Waals surface area contributed by atoms with E-state index in [9.17, 15) is 8.78 Å². The van der Waals surface area contributed by atoms with Gasteiger partial charge in [0.2, 0.25) is 0 Å². The zero-order chi connectivity index (χ0) is 11.1. The molecule has 2 nitrogen and oxygen atoms in total. The highest BCUT2D eigenvalue weighted by molar-refractivity contribution is 5.26. The Balaban J connectivity index is 2.51. The molecule has 0 aromatic heterocycles. The third-order valence-electron chi connectivity index (χ3n) is 2.03. The van der Waals surface area contributed by atoms with Crippen LogP contribution in [0.4, 0.5) is 8.78 Å².